The van der Waals surface area contributed by atoms with Crippen LogP contribution in [0.4, 0.5) is 0 Å². The highest BCUT2D eigenvalue weighted by Gasteiger charge is 2.00. The molecule has 0 spiro atoms. The normalized spacial score (nSPS) is 10.5. The molecule has 2 aromatic carbocycles. The second kappa shape index (κ2) is 7.47. The largest absolute Gasteiger partial charge is 0.491 e. The molecule has 0 aliphatic carbocycles. The minimum Gasteiger partial charge on any atom is -0.491 e. The summed E-state index contributed by atoms with van der Waals surface area (Å²) in [6, 6.07) is 17.3. The van der Waals surface area contributed by atoms with Crippen molar-refractivity contribution in [1.29, 1.82) is 0 Å². The van der Waals surface area contributed by atoms with Gasteiger partial charge in [-0.1, -0.05) is 12.1 Å². The average molecular weight is 310 g/mol. The van der Waals surface area contributed by atoms with Crippen LogP contribution in [0.1, 0.15) is 5.56 Å². The van der Waals surface area contributed by atoms with Crippen LogP contribution in [0.15, 0.2) is 67.0 Å². The summed E-state index contributed by atoms with van der Waals surface area (Å²) in [6.07, 6.45) is 3.66. The van der Waals surface area contributed by atoms with Crippen LogP contribution in [0.25, 0.3) is 5.69 Å². The van der Waals surface area contributed by atoms with Gasteiger partial charge in [-0.15, -0.1) is 0 Å². The van der Waals surface area contributed by atoms with Crippen LogP contribution >= 0.6 is 0 Å². The molecule has 0 amide bonds. The fourth-order valence-corrected chi connectivity index (χ4v) is 2.13. The van der Waals surface area contributed by atoms with Crippen molar-refractivity contribution in [2.45, 2.75) is 6.61 Å². The van der Waals surface area contributed by atoms with Gasteiger partial charge in [0.25, 0.3) is 0 Å². The average Bonchev–Trinajstić information content (AvgIpc) is 3.14. The highest BCUT2D eigenvalue weighted by Crippen LogP contribution is 2.19. The third-order valence-electron chi connectivity index (χ3n) is 3.29. The minimum absolute atomic E-state index is 0.00672. The van der Waals surface area contributed by atoms with Crippen LogP contribution in [0.3, 0.4) is 0 Å². The molecule has 23 heavy (non-hydrogen) atoms. The molecule has 118 valence electrons. The van der Waals surface area contributed by atoms with Crippen LogP contribution < -0.4 is 9.47 Å². The number of aromatic nitrogens is 2. The standard InChI is InChI=1S/C18H18N2O3/c21-12-13-22-17-6-8-18(9-7-17)23-14-15-2-4-16(5-3-15)20-11-1-10-19-20/h1-11,21H,12-14H2. The van der Waals surface area contributed by atoms with E-state index in [1.165, 1.54) is 0 Å². The first-order chi connectivity index (χ1) is 11.3. The number of hydrogen-bond acceptors (Lipinski definition) is 4. The second-order valence-electron chi connectivity index (χ2n) is 4.95. The molecule has 5 heteroatoms. The Morgan fingerprint density at radius 2 is 1.61 bits per heavy atom. The Balaban J connectivity index is 1.55. The van der Waals surface area contributed by atoms with E-state index < -0.39 is 0 Å². The van der Waals surface area contributed by atoms with Gasteiger partial charge in [-0.2, -0.15) is 5.10 Å². The predicted octanol–water partition coefficient (Wildman–Crippen LogP) is 2.82. The molecule has 0 radical (unpaired) electrons. The maximum atomic E-state index is 8.72. The summed E-state index contributed by atoms with van der Waals surface area (Å²) < 4.78 is 12.9. The predicted molar refractivity (Wildman–Crippen MR) is 86.9 cm³/mol. The Morgan fingerprint density at radius 1 is 0.913 bits per heavy atom. The van der Waals surface area contributed by atoms with Crippen LogP contribution in [-0.4, -0.2) is 28.1 Å². The molecule has 0 fully saturated rings. The summed E-state index contributed by atoms with van der Waals surface area (Å²) in [5, 5.41) is 12.9. The number of hydrogen-bond donors (Lipinski definition) is 1. The third kappa shape index (κ3) is 4.11. The lowest BCUT2D eigenvalue weighted by atomic mass is 10.2. The maximum absolute atomic E-state index is 8.72. The van der Waals surface area contributed by atoms with Crippen molar-refractivity contribution >= 4 is 0 Å². The molecule has 1 aromatic heterocycles. The number of rotatable bonds is 7. The van der Waals surface area contributed by atoms with Crippen molar-refractivity contribution in [3.05, 3.63) is 72.6 Å². The van der Waals surface area contributed by atoms with E-state index >= 15 is 0 Å². The molecule has 5 nitrogen and oxygen atoms in total. The lowest BCUT2D eigenvalue weighted by Gasteiger charge is -2.09. The first kappa shape index (κ1) is 15.1. The quantitative estimate of drug-likeness (QED) is 0.729. The van der Waals surface area contributed by atoms with E-state index in [0.717, 1.165) is 22.7 Å². The molecule has 1 heterocycles. The van der Waals surface area contributed by atoms with Crippen molar-refractivity contribution in [2.24, 2.45) is 0 Å². The van der Waals surface area contributed by atoms with Gasteiger partial charge in [0.05, 0.1) is 12.3 Å². The van der Waals surface area contributed by atoms with Crippen molar-refractivity contribution in [3.63, 3.8) is 0 Å². The molecule has 0 bridgehead atoms. The highest BCUT2D eigenvalue weighted by atomic mass is 16.5. The van der Waals surface area contributed by atoms with E-state index in [1.807, 2.05) is 65.5 Å². The molecule has 3 aromatic rings. The van der Waals surface area contributed by atoms with Gasteiger partial charge >= 0.3 is 0 Å². The summed E-state index contributed by atoms with van der Waals surface area (Å²) in [7, 11) is 0. The number of aliphatic hydroxyl groups is 1. The van der Waals surface area contributed by atoms with Crippen LogP contribution in [-0.2, 0) is 6.61 Å². The minimum atomic E-state index is 0.00672. The molecule has 0 aliphatic heterocycles. The Bertz CT molecular complexity index is 707. The number of benzene rings is 2. The topological polar surface area (TPSA) is 56.5 Å². The monoisotopic (exact) mass is 310 g/mol. The molecule has 3 rings (SSSR count). The van der Waals surface area contributed by atoms with Gasteiger partial charge in [0, 0.05) is 12.4 Å². The number of nitrogens with zero attached hydrogens (tertiary/aromatic N) is 2. The Morgan fingerprint density at radius 3 is 2.22 bits per heavy atom. The first-order valence-electron chi connectivity index (χ1n) is 7.40. The van der Waals surface area contributed by atoms with E-state index in [9.17, 15) is 0 Å². The summed E-state index contributed by atoms with van der Waals surface area (Å²) in [5.41, 5.74) is 2.10. The summed E-state index contributed by atoms with van der Waals surface area (Å²) in [5.74, 6) is 1.49. The third-order valence-corrected chi connectivity index (χ3v) is 3.29. The molecule has 0 aliphatic rings. The highest BCUT2D eigenvalue weighted by molar-refractivity contribution is 5.34. The van der Waals surface area contributed by atoms with Gasteiger partial charge in [-0.05, 0) is 48.0 Å². The number of ether oxygens (including phenoxy) is 2. The lowest BCUT2D eigenvalue weighted by Crippen LogP contribution is -2.01. The van der Waals surface area contributed by atoms with Gasteiger partial charge < -0.3 is 14.6 Å². The smallest absolute Gasteiger partial charge is 0.120 e. The van der Waals surface area contributed by atoms with E-state index in [1.54, 1.807) is 6.20 Å². The van der Waals surface area contributed by atoms with E-state index in [-0.39, 0.29) is 6.61 Å². The van der Waals surface area contributed by atoms with E-state index in [2.05, 4.69) is 5.10 Å². The van der Waals surface area contributed by atoms with Crippen LogP contribution in [0, 0.1) is 0 Å². The van der Waals surface area contributed by atoms with Gasteiger partial charge in [0.1, 0.15) is 24.7 Å². The molecular weight excluding hydrogens is 292 g/mol. The van der Waals surface area contributed by atoms with Crippen LogP contribution in [0.2, 0.25) is 0 Å². The summed E-state index contributed by atoms with van der Waals surface area (Å²) in [4.78, 5) is 0. The SMILES string of the molecule is OCCOc1ccc(OCc2ccc(-n3cccn3)cc2)cc1. The Labute approximate surface area is 134 Å². The van der Waals surface area contributed by atoms with Gasteiger partial charge in [-0.25, -0.2) is 4.68 Å². The molecule has 0 saturated carbocycles. The summed E-state index contributed by atoms with van der Waals surface area (Å²) >= 11 is 0. The van der Waals surface area contributed by atoms with Gasteiger partial charge in [-0.3, -0.25) is 0 Å². The van der Waals surface area contributed by atoms with Crippen LogP contribution in [0.5, 0.6) is 11.5 Å². The fourth-order valence-electron chi connectivity index (χ4n) is 2.13. The van der Waals surface area contributed by atoms with Gasteiger partial charge in [0.15, 0.2) is 0 Å². The number of aliphatic hydroxyl groups excluding tert-OH is 1. The van der Waals surface area contributed by atoms with E-state index in [4.69, 9.17) is 14.6 Å². The summed E-state index contributed by atoms with van der Waals surface area (Å²) in [6.45, 7) is 0.797. The molecule has 0 saturated heterocycles. The van der Waals surface area contributed by atoms with Crippen molar-refractivity contribution in [1.82, 2.24) is 9.78 Å². The molecular formula is C18H18N2O3. The zero-order valence-corrected chi connectivity index (χ0v) is 12.6. The maximum Gasteiger partial charge on any atom is 0.120 e. The molecule has 0 unspecified atom stereocenters. The first-order valence-corrected chi connectivity index (χ1v) is 7.40. The lowest BCUT2D eigenvalue weighted by molar-refractivity contribution is 0.201. The molecule has 0 atom stereocenters. The van der Waals surface area contributed by atoms with Crippen molar-refractivity contribution in [2.75, 3.05) is 13.2 Å². The molecule has 1 N–H and O–H groups in total. The zero-order valence-electron chi connectivity index (χ0n) is 12.6. The Kier molecular flexibility index (Phi) is 4.91. The van der Waals surface area contributed by atoms with Crippen molar-refractivity contribution in [3.8, 4) is 17.2 Å². The Hall–Kier alpha value is -2.79. The fraction of sp³-hybridized carbons (Fsp3) is 0.167. The van der Waals surface area contributed by atoms with Gasteiger partial charge in [0.2, 0.25) is 0 Å². The second-order valence-corrected chi connectivity index (χ2v) is 4.95. The van der Waals surface area contributed by atoms with E-state index in [0.29, 0.717) is 13.2 Å². The van der Waals surface area contributed by atoms with Crippen molar-refractivity contribution < 1.29 is 14.6 Å². The zero-order chi connectivity index (χ0) is 15.9.